The molecule has 0 spiro atoms. The van der Waals surface area contributed by atoms with Crippen molar-refractivity contribution in [3.05, 3.63) is 24.3 Å². The second-order valence-electron chi connectivity index (χ2n) is 5.70. The summed E-state index contributed by atoms with van der Waals surface area (Å²) in [7, 11) is 0. The summed E-state index contributed by atoms with van der Waals surface area (Å²) < 4.78 is 5.91. The number of hydrogen-bond donors (Lipinski definition) is 0. The lowest BCUT2D eigenvalue weighted by molar-refractivity contribution is -0.147. The van der Waals surface area contributed by atoms with Crippen molar-refractivity contribution in [2.75, 3.05) is 0 Å². The van der Waals surface area contributed by atoms with Gasteiger partial charge in [0.15, 0.2) is 0 Å². The zero-order valence-electron chi connectivity index (χ0n) is 13.2. The fraction of sp³-hybridized carbons (Fsp3) is 0.722. The molecule has 21 heavy (non-hydrogen) atoms. The van der Waals surface area contributed by atoms with Crippen LogP contribution in [0, 0.1) is 0 Å². The van der Waals surface area contributed by atoms with Crippen LogP contribution in [-0.2, 0) is 9.53 Å². The maximum atomic E-state index is 11.5. The Kier molecular flexibility index (Phi) is 10.9. The summed E-state index contributed by atoms with van der Waals surface area (Å²) in [5, 5.41) is 0. The number of esters is 1. The minimum atomic E-state index is -0.0156. The third-order valence-corrected chi connectivity index (χ3v) is 5.06. The lowest BCUT2D eigenvalue weighted by Gasteiger charge is -2.19. The van der Waals surface area contributed by atoms with Crippen LogP contribution in [0.1, 0.15) is 71.1 Å². The monoisotopic (exact) mass is 404 g/mol. The van der Waals surface area contributed by atoms with Gasteiger partial charge in [-0.2, -0.15) is 0 Å². The van der Waals surface area contributed by atoms with Gasteiger partial charge in [0, 0.05) is 6.42 Å². The minimum Gasteiger partial charge on any atom is -0.461 e. The van der Waals surface area contributed by atoms with Crippen LogP contribution in [0.5, 0.6) is 0 Å². The van der Waals surface area contributed by atoms with Crippen molar-refractivity contribution in [2.24, 2.45) is 0 Å². The summed E-state index contributed by atoms with van der Waals surface area (Å²) in [5.41, 5.74) is 0. The predicted octanol–water partition coefficient (Wildman–Crippen LogP) is 5.75. The molecule has 0 N–H and O–H groups in total. The standard InChI is InChI=1S/C18H29IO2/c1-2-3-4-5-6-7-8-9-10-13-16(19)17-14-11-12-15-18(20)21-17/h6-7,9-10,16-17H,2-5,8,11-15H2,1H3/b7-6-,10-9-. The van der Waals surface area contributed by atoms with Crippen molar-refractivity contribution in [1.82, 2.24) is 0 Å². The van der Waals surface area contributed by atoms with E-state index in [-0.39, 0.29) is 12.1 Å². The summed E-state index contributed by atoms with van der Waals surface area (Å²) in [6.45, 7) is 2.23. The van der Waals surface area contributed by atoms with E-state index in [0.29, 0.717) is 10.3 Å². The fourth-order valence-electron chi connectivity index (χ4n) is 2.44. The topological polar surface area (TPSA) is 26.3 Å². The highest BCUT2D eigenvalue weighted by Gasteiger charge is 2.24. The first-order chi connectivity index (χ1) is 10.2. The van der Waals surface area contributed by atoms with E-state index >= 15 is 0 Å². The van der Waals surface area contributed by atoms with Crippen molar-refractivity contribution < 1.29 is 9.53 Å². The number of unbranched alkanes of at least 4 members (excludes halogenated alkanes) is 3. The maximum absolute atomic E-state index is 11.5. The molecule has 1 heterocycles. The first-order valence-corrected chi connectivity index (χ1v) is 9.62. The number of rotatable bonds is 9. The van der Waals surface area contributed by atoms with Gasteiger partial charge in [-0.1, -0.05) is 66.7 Å². The summed E-state index contributed by atoms with van der Waals surface area (Å²) in [6, 6.07) is 0. The Morgan fingerprint density at radius 2 is 2.05 bits per heavy atom. The lowest BCUT2D eigenvalue weighted by atomic mass is 10.1. The maximum Gasteiger partial charge on any atom is 0.306 e. The van der Waals surface area contributed by atoms with Gasteiger partial charge in [-0.15, -0.1) is 0 Å². The van der Waals surface area contributed by atoms with Gasteiger partial charge >= 0.3 is 5.97 Å². The highest BCUT2D eigenvalue weighted by molar-refractivity contribution is 14.1. The molecule has 2 atom stereocenters. The van der Waals surface area contributed by atoms with Crippen LogP contribution < -0.4 is 0 Å². The van der Waals surface area contributed by atoms with E-state index in [9.17, 15) is 4.79 Å². The Labute approximate surface area is 143 Å². The summed E-state index contributed by atoms with van der Waals surface area (Å²) in [4.78, 5) is 11.5. The van der Waals surface area contributed by atoms with Gasteiger partial charge in [-0.05, 0) is 44.9 Å². The predicted molar refractivity (Wildman–Crippen MR) is 97.8 cm³/mol. The molecule has 1 aliphatic heterocycles. The highest BCUT2D eigenvalue weighted by atomic mass is 127. The minimum absolute atomic E-state index is 0.0156. The first-order valence-electron chi connectivity index (χ1n) is 8.37. The molecular formula is C18H29IO2. The Balaban J connectivity index is 2.15. The molecule has 0 aromatic rings. The molecule has 3 heteroatoms. The number of halogens is 1. The SMILES string of the molecule is CCCCC/C=C\C/C=C\CC(I)C1CCCCC(=O)O1. The van der Waals surface area contributed by atoms with Gasteiger partial charge in [0.25, 0.3) is 0 Å². The molecule has 0 aromatic carbocycles. The van der Waals surface area contributed by atoms with Crippen LogP contribution in [-0.4, -0.2) is 16.0 Å². The molecule has 0 amide bonds. The van der Waals surface area contributed by atoms with Crippen molar-refractivity contribution in [1.29, 1.82) is 0 Å². The normalized spacial score (nSPS) is 21.6. The van der Waals surface area contributed by atoms with E-state index in [1.807, 2.05) is 0 Å². The van der Waals surface area contributed by atoms with Gasteiger partial charge in [0.05, 0.1) is 3.92 Å². The second kappa shape index (κ2) is 12.2. The van der Waals surface area contributed by atoms with Crippen LogP contribution in [0.3, 0.4) is 0 Å². The molecule has 1 aliphatic rings. The van der Waals surface area contributed by atoms with Gasteiger partial charge < -0.3 is 4.74 Å². The number of carbonyl (C=O) groups is 1. The van der Waals surface area contributed by atoms with E-state index in [2.05, 4.69) is 53.8 Å². The number of ether oxygens (including phenoxy) is 1. The molecule has 2 nitrogen and oxygen atoms in total. The molecule has 2 unspecified atom stereocenters. The Morgan fingerprint density at radius 1 is 1.24 bits per heavy atom. The van der Waals surface area contributed by atoms with Gasteiger partial charge in [-0.25, -0.2) is 0 Å². The third kappa shape index (κ3) is 9.33. The smallest absolute Gasteiger partial charge is 0.306 e. The molecule has 0 aromatic heterocycles. The van der Waals surface area contributed by atoms with E-state index in [4.69, 9.17) is 4.74 Å². The molecular weight excluding hydrogens is 375 g/mol. The first kappa shape index (κ1) is 18.7. The molecule has 0 radical (unpaired) electrons. The molecule has 0 saturated carbocycles. The van der Waals surface area contributed by atoms with Crippen molar-refractivity contribution in [2.45, 2.75) is 81.2 Å². The molecule has 1 fully saturated rings. The second-order valence-corrected chi connectivity index (χ2v) is 7.30. The zero-order chi connectivity index (χ0) is 15.3. The van der Waals surface area contributed by atoms with Crippen LogP contribution >= 0.6 is 22.6 Å². The van der Waals surface area contributed by atoms with Crippen LogP contribution in [0.15, 0.2) is 24.3 Å². The van der Waals surface area contributed by atoms with Gasteiger partial charge in [0.2, 0.25) is 0 Å². The highest BCUT2D eigenvalue weighted by Crippen LogP contribution is 2.24. The fourth-order valence-corrected chi connectivity index (χ4v) is 3.24. The largest absolute Gasteiger partial charge is 0.461 e. The van der Waals surface area contributed by atoms with Crippen molar-refractivity contribution in [3.8, 4) is 0 Å². The Morgan fingerprint density at radius 3 is 2.86 bits per heavy atom. The lowest BCUT2D eigenvalue weighted by Crippen LogP contribution is -2.25. The van der Waals surface area contributed by atoms with Crippen LogP contribution in [0.25, 0.3) is 0 Å². The average molecular weight is 404 g/mol. The Hall–Kier alpha value is -0.320. The number of alkyl halides is 1. The van der Waals surface area contributed by atoms with Crippen LogP contribution in [0.4, 0.5) is 0 Å². The Bertz CT molecular complexity index is 336. The molecule has 1 rings (SSSR count). The van der Waals surface area contributed by atoms with Gasteiger partial charge in [0.1, 0.15) is 6.10 Å². The van der Waals surface area contributed by atoms with E-state index < -0.39 is 0 Å². The summed E-state index contributed by atoms with van der Waals surface area (Å²) in [6.07, 6.45) is 19.9. The third-order valence-electron chi connectivity index (χ3n) is 3.75. The van der Waals surface area contributed by atoms with E-state index in [1.165, 1.54) is 25.7 Å². The summed E-state index contributed by atoms with van der Waals surface area (Å²) >= 11 is 2.43. The zero-order valence-corrected chi connectivity index (χ0v) is 15.4. The van der Waals surface area contributed by atoms with Crippen LogP contribution in [0.2, 0.25) is 0 Å². The quantitative estimate of drug-likeness (QED) is 0.161. The van der Waals surface area contributed by atoms with E-state index in [0.717, 1.165) is 32.1 Å². The number of carbonyl (C=O) groups excluding carboxylic acids is 1. The number of hydrogen-bond acceptors (Lipinski definition) is 2. The average Bonchev–Trinajstić information content (AvgIpc) is 2.70. The summed E-state index contributed by atoms with van der Waals surface area (Å²) in [5.74, 6) is -0.0156. The van der Waals surface area contributed by atoms with Crippen molar-refractivity contribution >= 4 is 28.6 Å². The number of allylic oxidation sites excluding steroid dienone is 4. The van der Waals surface area contributed by atoms with E-state index in [1.54, 1.807) is 0 Å². The molecule has 120 valence electrons. The molecule has 0 aliphatic carbocycles. The molecule has 1 saturated heterocycles. The molecule has 0 bridgehead atoms. The van der Waals surface area contributed by atoms with Gasteiger partial charge in [-0.3, -0.25) is 4.79 Å². The number of cyclic esters (lactones) is 1. The van der Waals surface area contributed by atoms with Crippen molar-refractivity contribution in [3.63, 3.8) is 0 Å².